The lowest BCUT2D eigenvalue weighted by molar-refractivity contribution is -0.136. The zero-order valence-electron chi connectivity index (χ0n) is 20.2. The highest BCUT2D eigenvalue weighted by molar-refractivity contribution is 6.00. The quantitative estimate of drug-likeness (QED) is 0.190. The Hall–Kier alpha value is -3.60. The van der Waals surface area contributed by atoms with Gasteiger partial charge in [0.25, 0.3) is 0 Å². The number of carboxylic acid groups (broad SMARTS) is 1. The summed E-state index contributed by atoms with van der Waals surface area (Å²) in [7, 11) is 0. The normalized spacial score (nSPS) is 11.5. The number of ether oxygens (including phenoxy) is 1. The molecule has 0 aliphatic carbocycles. The molecule has 1 N–H and O–H groups in total. The number of rotatable bonds is 12. The molecule has 0 aromatic heterocycles. The average Bonchev–Trinajstić information content (AvgIpc) is 2.83. The average molecular weight is 460 g/mol. The molecular formula is C29H33NO4. The maximum absolute atomic E-state index is 11.0. The Bertz CT molecular complexity index is 1090. The minimum Gasteiger partial charge on any atom is -0.490 e. The van der Waals surface area contributed by atoms with E-state index in [1.54, 1.807) is 6.07 Å². The lowest BCUT2D eigenvalue weighted by Gasteiger charge is -2.12. The highest BCUT2D eigenvalue weighted by atomic mass is 16.6. The molecule has 0 amide bonds. The van der Waals surface area contributed by atoms with Crippen LogP contribution in [0, 0.1) is 12.8 Å². The van der Waals surface area contributed by atoms with Gasteiger partial charge in [-0.05, 0) is 59.6 Å². The topological polar surface area (TPSA) is 68.1 Å². The van der Waals surface area contributed by atoms with Crippen molar-refractivity contribution < 1.29 is 19.5 Å². The van der Waals surface area contributed by atoms with E-state index in [2.05, 4.69) is 55.4 Å². The zero-order chi connectivity index (χ0) is 24.3. The summed E-state index contributed by atoms with van der Waals surface area (Å²) >= 11 is 0. The Morgan fingerprint density at radius 3 is 2.29 bits per heavy atom. The van der Waals surface area contributed by atoms with E-state index in [1.165, 1.54) is 11.1 Å². The van der Waals surface area contributed by atoms with Gasteiger partial charge in [0.2, 0.25) is 0 Å². The molecule has 0 spiro atoms. The molecule has 0 saturated heterocycles. The first-order valence-electron chi connectivity index (χ1n) is 11.7. The van der Waals surface area contributed by atoms with E-state index in [0.717, 1.165) is 35.2 Å². The number of hydrogen-bond acceptors (Lipinski definition) is 4. The highest BCUT2D eigenvalue weighted by Crippen LogP contribution is 2.22. The third kappa shape index (κ3) is 7.48. The van der Waals surface area contributed by atoms with Crippen molar-refractivity contribution in [3.63, 3.8) is 0 Å². The first-order chi connectivity index (χ1) is 16.4. The van der Waals surface area contributed by atoms with E-state index in [0.29, 0.717) is 24.9 Å². The van der Waals surface area contributed by atoms with Crippen LogP contribution in [0.15, 0.2) is 78.0 Å². The number of carbonyl (C=O) groups is 1. The third-order valence-corrected chi connectivity index (χ3v) is 5.63. The summed E-state index contributed by atoms with van der Waals surface area (Å²) in [5.41, 5.74) is 5.92. The Labute approximate surface area is 202 Å². The fraction of sp³-hybridized carbons (Fsp3) is 0.310. The van der Waals surface area contributed by atoms with Crippen molar-refractivity contribution in [3.8, 4) is 16.9 Å². The number of carboxylic acids is 1. The SMILES string of the molecule is Cc1c(CC(=O)O)cccc1OCCO/N=C(\CCC(C)C)c1ccc(-c2ccccc2)cc1. The molecular weight excluding hydrogens is 426 g/mol. The van der Waals surface area contributed by atoms with Gasteiger partial charge < -0.3 is 14.7 Å². The summed E-state index contributed by atoms with van der Waals surface area (Å²) in [5.74, 6) is 0.379. The van der Waals surface area contributed by atoms with Crippen LogP contribution in [0.3, 0.4) is 0 Å². The first kappa shape index (κ1) is 25.0. The van der Waals surface area contributed by atoms with Crippen molar-refractivity contribution in [2.45, 2.75) is 40.0 Å². The summed E-state index contributed by atoms with van der Waals surface area (Å²) in [4.78, 5) is 16.6. The monoisotopic (exact) mass is 459 g/mol. The molecule has 0 radical (unpaired) electrons. The fourth-order valence-corrected chi connectivity index (χ4v) is 3.64. The summed E-state index contributed by atoms with van der Waals surface area (Å²) in [6, 6.07) is 24.2. The van der Waals surface area contributed by atoms with Gasteiger partial charge in [0, 0.05) is 0 Å². The summed E-state index contributed by atoms with van der Waals surface area (Å²) < 4.78 is 5.82. The lowest BCUT2D eigenvalue weighted by Crippen LogP contribution is -2.09. The first-order valence-corrected chi connectivity index (χ1v) is 11.7. The second-order valence-corrected chi connectivity index (χ2v) is 8.71. The molecule has 178 valence electrons. The maximum atomic E-state index is 11.0. The predicted octanol–water partition coefficient (Wildman–Crippen LogP) is 6.53. The molecule has 0 aliphatic heterocycles. The van der Waals surface area contributed by atoms with E-state index in [4.69, 9.17) is 14.7 Å². The largest absolute Gasteiger partial charge is 0.490 e. The lowest BCUT2D eigenvalue weighted by atomic mass is 9.98. The van der Waals surface area contributed by atoms with E-state index in [-0.39, 0.29) is 6.42 Å². The molecule has 0 unspecified atom stereocenters. The third-order valence-electron chi connectivity index (χ3n) is 5.63. The van der Waals surface area contributed by atoms with Crippen molar-refractivity contribution in [1.29, 1.82) is 0 Å². The van der Waals surface area contributed by atoms with Crippen LogP contribution in [0.4, 0.5) is 0 Å². The van der Waals surface area contributed by atoms with Gasteiger partial charge in [-0.3, -0.25) is 4.79 Å². The molecule has 0 saturated carbocycles. The predicted molar refractivity (Wildman–Crippen MR) is 136 cm³/mol. The van der Waals surface area contributed by atoms with Crippen LogP contribution in [0.1, 0.15) is 43.4 Å². The maximum Gasteiger partial charge on any atom is 0.307 e. The Morgan fingerprint density at radius 2 is 1.62 bits per heavy atom. The minimum absolute atomic E-state index is 0.0217. The molecule has 3 aromatic carbocycles. The van der Waals surface area contributed by atoms with E-state index < -0.39 is 5.97 Å². The second kappa shape index (κ2) is 12.6. The van der Waals surface area contributed by atoms with Crippen molar-refractivity contribution in [2.75, 3.05) is 13.2 Å². The summed E-state index contributed by atoms with van der Waals surface area (Å²) in [6.07, 6.45) is 1.83. The molecule has 0 atom stereocenters. The molecule has 34 heavy (non-hydrogen) atoms. The van der Waals surface area contributed by atoms with Gasteiger partial charge in [0.05, 0.1) is 12.1 Å². The van der Waals surface area contributed by atoms with Gasteiger partial charge in [-0.25, -0.2) is 0 Å². The zero-order valence-corrected chi connectivity index (χ0v) is 20.2. The fourth-order valence-electron chi connectivity index (χ4n) is 3.64. The van der Waals surface area contributed by atoms with Crippen molar-refractivity contribution in [3.05, 3.63) is 89.5 Å². The molecule has 0 fully saturated rings. The van der Waals surface area contributed by atoms with Crippen molar-refractivity contribution in [2.24, 2.45) is 11.1 Å². The van der Waals surface area contributed by atoms with Crippen LogP contribution >= 0.6 is 0 Å². The molecule has 0 bridgehead atoms. The molecule has 5 heteroatoms. The van der Waals surface area contributed by atoms with Gasteiger partial charge in [-0.1, -0.05) is 85.7 Å². The minimum atomic E-state index is -0.858. The van der Waals surface area contributed by atoms with Gasteiger partial charge >= 0.3 is 5.97 Å². The smallest absolute Gasteiger partial charge is 0.307 e. The van der Waals surface area contributed by atoms with Crippen LogP contribution in [0.5, 0.6) is 5.75 Å². The Morgan fingerprint density at radius 1 is 0.912 bits per heavy atom. The number of aliphatic carboxylic acids is 1. The molecule has 0 aliphatic rings. The summed E-state index contributed by atoms with van der Waals surface area (Å²) in [6.45, 7) is 6.90. The van der Waals surface area contributed by atoms with Crippen LogP contribution in [-0.4, -0.2) is 30.0 Å². The standard InChI is InChI=1S/C29H33NO4/c1-21(2)12-17-27(25-15-13-24(14-16-25)23-8-5-4-6-9-23)30-34-19-18-33-28-11-7-10-26(22(28)3)20-29(31)32/h4-11,13-16,21H,12,17-20H2,1-3H3,(H,31,32)/b30-27+. The van der Waals surface area contributed by atoms with E-state index in [9.17, 15) is 4.79 Å². The van der Waals surface area contributed by atoms with Gasteiger partial charge in [-0.15, -0.1) is 0 Å². The van der Waals surface area contributed by atoms with Crippen molar-refractivity contribution >= 4 is 11.7 Å². The highest BCUT2D eigenvalue weighted by Gasteiger charge is 2.10. The number of oxime groups is 1. The van der Waals surface area contributed by atoms with Crippen molar-refractivity contribution in [1.82, 2.24) is 0 Å². The Balaban J connectivity index is 1.61. The second-order valence-electron chi connectivity index (χ2n) is 8.71. The van der Waals surface area contributed by atoms with E-state index >= 15 is 0 Å². The van der Waals surface area contributed by atoms with Crippen LogP contribution in [0.25, 0.3) is 11.1 Å². The number of benzene rings is 3. The van der Waals surface area contributed by atoms with Gasteiger partial charge in [0.1, 0.15) is 12.4 Å². The van der Waals surface area contributed by atoms with Crippen LogP contribution < -0.4 is 4.74 Å². The molecule has 3 aromatic rings. The molecule has 0 heterocycles. The summed E-state index contributed by atoms with van der Waals surface area (Å²) in [5, 5.41) is 13.5. The van der Waals surface area contributed by atoms with Crippen LogP contribution in [0.2, 0.25) is 0 Å². The van der Waals surface area contributed by atoms with Gasteiger partial charge in [-0.2, -0.15) is 0 Å². The van der Waals surface area contributed by atoms with E-state index in [1.807, 2.05) is 37.3 Å². The Kier molecular flexibility index (Phi) is 9.27. The molecule has 3 rings (SSSR count). The molecule has 5 nitrogen and oxygen atoms in total. The van der Waals surface area contributed by atoms with Crippen LogP contribution in [-0.2, 0) is 16.1 Å². The number of hydrogen-bond donors (Lipinski definition) is 1. The van der Waals surface area contributed by atoms with Gasteiger partial charge in [0.15, 0.2) is 6.61 Å². The number of nitrogens with zero attached hydrogens (tertiary/aromatic N) is 1.